The smallest absolute Gasteiger partial charge is 0.313 e. The Morgan fingerprint density at radius 3 is 2.75 bits per heavy atom. The maximum absolute atomic E-state index is 13.1. The number of nitro benzene ring substituents is 1. The van der Waals surface area contributed by atoms with E-state index in [0.29, 0.717) is 15.6 Å². The van der Waals surface area contributed by atoms with E-state index in [1.165, 1.54) is 6.07 Å². The van der Waals surface area contributed by atoms with E-state index < -0.39 is 4.92 Å². The van der Waals surface area contributed by atoms with Crippen LogP contribution in [0.15, 0.2) is 40.9 Å². The van der Waals surface area contributed by atoms with Gasteiger partial charge in [-0.2, -0.15) is 0 Å². The molecular weight excluding hydrogens is 329 g/mol. The number of halogens is 2. The molecule has 0 fully saturated rings. The molecule has 0 aromatic heterocycles. The highest BCUT2D eigenvalue weighted by atomic mass is 79.9. The second-order valence-corrected chi connectivity index (χ2v) is 5.07. The largest absolute Gasteiger partial charge is 0.482 e. The predicted octanol–water partition coefficient (Wildman–Crippen LogP) is 4.38. The Balaban J connectivity index is 2.21. The van der Waals surface area contributed by atoms with Gasteiger partial charge in [0, 0.05) is 5.56 Å². The fourth-order valence-corrected chi connectivity index (χ4v) is 2.20. The summed E-state index contributed by atoms with van der Waals surface area (Å²) in [6.45, 7) is 1.78. The summed E-state index contributed by atoms with van der Waals surface area (Å²) in [6.07, 6.45) is 0. The molecule has 0 radical (unpaired) electrons. The first-order valence-electron chi connectivity index (χ1n) is 5.80. The van der Waals surface area contributed by atoms with E-state index in [2.05, 4.69) is 15.9 Å². The average Bonchev–Trinajstić information content (AvgIpc) is 2.39. The van der Waals surface area contributed by atoms with Gasteiger partial charge in [0.2, 0.25) is 0 Å². The van der Waals surface area contributed by atoms with Gasteiger partial charge in [0.05, 0.1) is 9.40 Å². The highest BCUT2D eigenvalue weighted by Gasteiger charge is 2.18. The van der Waals surface area contributed by atoms with Gasteiger partial charge in [-0.05, 0) is 46.6 Å². The van der Waals surface area contributed by atoms with Crippen LogP contribution in [0.2, 0.25) is 0 Å². The van der Waals surface area contributed by atoms with Crippen molar-refractivity contribution in [2.24, 2.45) is 0 Å². The second kappa shape index (κ2) is 6.00. The fraction of sp³-hybridized carbons (Fsp3) is 0.143. The van der Waals surface area contributed by atoms with Crippen LogP contribution in [0.4, 0.5) is 10.1 Å². The molecule has 20 heavy (non-hydrogen) atoms. The van der Waals surface area contributed by atoms with E-state index in [9.17, 15) is 14.5 Å². The zero-order valence-corrected chi connectivity index (χ0v) is 12.2. The molecule has 0 amide bonds. The predicted molar refractivity (Wildman–Crippen MR) is 76.3 cm³/mol. The Morgan fingerprint density at radius 1 is 1.35 bits per heavy atom. The lowest BCUT2D eigenvalue weighted by molar-refractivity contribution is -0.386. The van der Waals surface area contributed by atoms with Crippen LogP contribution < -0.4 is 4.74 Å². The van der Waals surface area contributed by atoms with Gasteiger partial charge in [-0.25, -0.2) is 4.39 Å². The Morgan fingerprint density at radius 2 is 2.10 bits per heavy atom. The summed E-state index contributed by atoms with van der Waals surface area (Å²) in [5, 5.41) is 11.0. The molecule has 0 spiro atoms. The van der Waals surface area contributed by atoms with Crippen molar-refractivity contribution in [3.63, 3.8) is 0 Å². The van der Waals surface area contributed by atoms with Gasteiger partial charge in [0.15, 0.2) is 5.75 Å². The Bertz CT molecular complexity index is 661. The molecule has 0 bridgehead atoms. The van der Waals surface area contributed by atoms with E-state index in [0.717, 1.165) is 0 Å². The molecule has 4 nitrogen and oxygen atoms in total. The summed E-state index contributed by atoms with van der Waals surface area (Å²) >= 11 is 3.08. The maximum Gasteiger partial charge on any atom is 0.313 e. The summed E-state index contributed by atoms with van der Waals surface area (Å²) in [4.78, 5) is 10.6. The standard InChI is InChI=1S/C14H11BrFNO3/c1-9-3-2-4-13(14(9)17(18)19)20-8-10-5-6-12(16)11(15)7-10/h2-7H,8H2,1H3. The van der Waals surface area contributed by atoms with Crippen molar-refractivity contribution in [3.05, 3.63) is 67.9 Å². The van der Waals surface area contributed by atoms with Crippen molar-refractivity contribution < 1.29 is 14.1 Å². The van der Waals surface area contributed by atoms with Gasteiger partial charge >= 0.3 is 5.69 Å². The van der Waals surface area contributed by atoms with Gasteiger partial charge in [-0.3, -0.25) is 10.1 Å². The molecule has 0 aliphatic carbocycles. The maximum atomic E-state index is 13.1. The number of rotatable bonds is 4. The number of nitro groups is 1. The molecule has 0 atom stereocenters. The first kappa shape index (κ1) is 14.5. The first-order chi connectivity index (χ1) is 9.49. The van der Waals surface area contributed by atoms with Gasteiger partial charge in [-0.15, -0.1) is 0 Å². The van der Waals surface area contributed by atoms with Crippen LogP contribution in [0.25, 0.3) is 0 Å². The number of para-hydroxylation sites is 1. The molecule has 0 N–H and O–H groups in total. The van der Waals surface area contributed by atoms with E-state index in [1.54, 1.807) is 37.3 Å². The lowest BCUT2D eigenvalue weighted by Crippen LogP contribution is -2.00. The van der Waals surface area contributed by atoms with Crippen LogP contribution in [0.1, 0.15) is 11.1 Å². The van der Waals surface area contributed by atoms with Crippen molar-refractivity contribution in [1.29, 1.82) is 0 Å². The molecule has 0 saturated carbocycles. The molecule has 104 valence electrons. The quantitative estimate of drug-likeness (QED) is 0.613. The van der Waals surface area contributed by atoms with E-state index in [-0.39, 0.29) is 23.9 Å². The van der Waals surface area contributed by atoms with Crippen molar-refractivity contribution in [2.75, 3.05) is 0 Å². The average molecular weight is 340 g/mol. The number of hydrogen-bond donors (Lipinski definition) is 0. The molecule has 2 aromatic rings. The van der Waals surface area contributed by atoms with Gasteiger partial charge in [0.1, 0.15) is 12.4 Å². The zero-order valence-electron chi connectivity index (χ0n) is 10.6. The van der Waals surface area contributed by atoms with Crippen LogP contribution >= 0.6 is 15.9 Å². The molecular formula is C14H11BrFNO3. The number of aryl methyl sites for hydroxylation is 1. The molecule has 0 heterocycles. The highest BCUT2D eigenvalue weighted by Crippen LogP contribution is 2.31. The van der Waals surface area contributed by atoms with Gasteiger partial charge < -0.3 is 4.74 Å². The minimum Gasteiger partial charge on any atom is -0.482 e. The first-order valence-corrected chi connectivity index (χ1v) is 6.59. The number of hydrogen-bond acceptors (Lipinski definition) is 3. The SMILES string of the molecule is Cc1cccc(OCc2ccc(F)c(Br)c2)c1[N+](=O)[O-]. The second-order valence-electron chi connectivity index (χ2n) is 4.22. The number of ether oxygens (including phenoxy) is 1. The van der Waals surface area contributed by atoms with Crippen LogP contribution in [-0.2, 0) is 6.61 Å². The molecule has 0 aliphatic rings. The Hall–Kier alpha value is -1.95. The third-order valence-corrected chi connectivity index (χ3v) is 3.37. The summed E-state index contributed by atoms with van der Waals surface area (Å²) in [7, 11) is 0. The van der Waals surface area contributed by atoms with Crippen LogP contribution in [-0.4, -0.2) is 4.92 Å². The van der Waals surface area contributed by atoms with Crippen molar-refractivity contribution in [1.82, 2.24) is 0 Å². The van der Waals surface area contributed by atoms with Crippen LogP contribution in [0.3, 0.4) is 0 Å². The normalized spacial score (nSPS) is 10.3. The van der Waals surface area contributed by atoms with Gasteiger partial charge in [-0.1, -0.05) is 18.2 Å². The molecule has 0 unspecified atom stereocenters. The topological polar surface area (TPSA) is 52.4 Å². The summed E-state index contributed by atoms with van der Waals surface area (Å²) < 4.78 is 18.9. The van der Waals surface area contributed by atoms with E-state index >= 15 is 0 Å². The molecule has 2 rings (SSSR count). The summed E-state index contributed by atoms with van der Waals surface area (Å²) in [5.41, 5.74) is 1.20. The van der Waals surface area contributed by atoms with Crippen molar-refractivity contribution in [2.45, 2.75) is 13.5 Å². The van der Waals surface area contributed by atoms with Crippen molar-refractivity contribution in [3.8, 4) is 5.75 Å². The van der Waals surface area contributed by atoms with Crippen molar-refractivity contribution >= 4 is 21.6 Å². The number of nitrogens with zero attached hydrogens (tertiary/aromatic N) is 1. The summed E-state index contributed by atoms with van der Waals surface area (Å²) in [6, 6.07) is 9.35. The van der Waals surface area contributed by atoms with Crippen LogP contribution in [0, 0.1) is 22.9 Å². The van der Waals surface area contributed by atoms with E-state index in [4.69, 9.17) is 4.74 Å². The number of benzene rings is 2. The lowest BCUT2D eigenvalue weighted by atomic mass is 10.2. The Labute approximate surface area is 123 Å². The molecule has 2 aromatic carbocycles. The third kappa shape index (κ3) is 3.14. The molecule has 0 aliphatic heterocycles. The minimum absolute atomic E-state index is 0.0475. The fourth-order valence-electron chi connectivity index (χ4n) is 1.77. The molecule has 0 saturated heterocycles. The minimum atomic E-state index is -0.467. The Kier molecular flexibility index (Phi) is 4.34. The summed E-state index contributed by atoms with van der Waals surface area (Å²) in [5.74, 6) is -0.161. The third-order valence-electron chi connectivity index (χ3n) is 2.76. The lowest BCUT2D eigenvalue weighted by Gasteiger charge is -2.08. The highest BCUT2D eigenvalue weighted by molar-refractivity contribution is 9.10. The van der Waals surface area contributed by atoms with Crippen LogP contribution in [0.5, 0.6) is 5.75 Å². The zero-order chi connectivity index (χ0) is 14.7. The van der Waals surface area contributed by atoms with E-state index in [1.807, 2.05) is 0 Å². The van der Waals surface area contributed by atoms with Gasteiger partial charge in [0.25, 0.3) is 0 Å². The monoisotopic (exact) mass is 339 g/mol. The molecule has 6 heteroatoms.